The zero-order valence-corrected chi connectivity index (χ0v) is 15.8. The Bertz CT molecular complexity index is 730. The SMILES string of the molecule is C=C1C(=O)O[C@H]2[C@H]1[C@@H](OC(=O)[C@]1(C)CO1)CC(=C)[C@@H]1C[C@H](O)[C@](O)(CCl)[C@H]21. The molecule has 8 heteroatoms. The number of aliphatic hydroxyl groups is 2. The first kappa shape index (κ1) is 18.9. The molecule has 0 amide bonds. The molecule has 4 fully saturated rings. The molecule has 2 aliphatic heterocycles. The van der Waals surface area contributed by atoms with Crippen LogP contribution in [0.2, 0.25) is 0 Å². The van der Waals surface area contributed by atoms with Crippen LogP contribution in [0.1, 0.15) is 19.8 Å². The maximum absolute atomic E-state index is 12.4. The van der Waals surface area contributed by atoms with Crippen molar-refractivity contribution < 1.29 is 34.0 Å². The van der Waals surface area contributed by atoms with E-state index in [-0.39, 0.29) is 36.8 Å². The summed E-state index contributed by atoms with van der Waals surface area (Å²) in [7, 11) is 0. The third kappa shape index (κ3) is 2.67. The average molecular weight is 399 g/mol. The van der Waals surface area contributed by atoms with Gasteiger partial charge in [-0.2, -0.15) is 0 Å². The molecule has 0 unspecified atom stereocenters. The normalized spacial score (nSPS) is 48.5. The molecule has 2 N–H and O–H groups in total. The quantitative estimate of drug-likeness (QED) is 0.237. The van der Waals surface area contributed by atoms with E-state index < -0.39 is 53.3 Å². The number of fused-ring (bicyclic) bond motifs is 3. The lowest BCUT2D eigenvalue weighted by molar-refractivity contribution is -0.161. The van der Waals surface area contributed by atoms with Gasteiger partial charge >= 0.3 is 11.9 Å². The van der Waals surface area contributed by atoms with Crippen LogP contribution < -0.4 is 0 Å². The molecule has 2 heterocycles. The Morgan fingerprint density at radius 2 is 2.11 bits per heavy atom. The first-order valence-electron chi connectivity index (χ1n) is 9.01. The van der Waals surface area contributed by atoms with Crippen molar-refractivity contribution in [2.24, 2.45) is 17.8 Å². The van der Waals surface area contributed by atoms with Crippen LogP contribution in [-0.4, -0.2) is 64.2 Å². The predicted molar refractivity (Wildman–Crippen MR) is 93.8 cm³/mol. The number of halogens is 1. The fourth-order valence-electron chi connectivity index (χ4n) is 4.75. The molecule has 0 aromatic carbocycles. The number of alkyl halides is 1. The van der Waals surface area contributed by atoms with Gasteiger partial charge in [-0.05, 0) is 19.3 Å². The zero-order valence-electron chi connectivity index (χ0n) is 15.0. The lowest BCUT2D eigenvalue weighted by Gasteiger charge is -2.37. The number of aliphatic hydroxyl groups excluding tert-OH is 1. The Kier molecular flexibility index (Phi) is 4.24. The molecule has 8 atom stereocenters. The van der Waals surface area contributed by atoms with E-state index in [1.165, 1.54) is 0 Å². The van der Waals surface area contributed by atoms with Crippen LogP contribution in [0.5, 0.6) is 0 Å². The molecule has 0 bridgehead atoms. The van der Waals surface area contributed by atoms with E-state index in [2.05, 4.69) is 13.2 Å². The summed E-state index contributed by atoms with van der Waals surface area (Å²) < 4.78 is 16.4. The van der Waals surface area contributed by atoms with Crippen LogP contribution in [0.3, 0.4) is 0 Å². The Balaban J connectivity index is 1.72. The van der Waals surface area contributed by atoms with Crippen molar-refractivity contribution in [3.8, 4) is 0 Å². The minimum Gasteiger partial charge on any atom is -0.459 e. The maximum Gasteiger partial charge on any atom is 0.340 e. The number of carbonyl (C=O) groups is 2. The summed E-state index contributed by atoms with van der Waals surface area (Å²) >= 11 is 6.01. The predicted octanol–water partition coefficient (Wildman–Crippen LogP) is 0.712. The van der Waals surface area contributed by atoms with E-state index in [0.717, 1.165) is 5.57 Å². The van der Waals surface area contributed by atoms with Gasteiger partial charge in [0.25, 0.3) is 0 Å². The summed E-state index contributed by atoms with van der Waals surface area (Å²) in [5.74, 6) is -2.92. The molecule has 4 aliphatic rings. The van der Waals surface area contributed by atoms with E-state index in [9.17, 15) is 19.8 Å². The standard InChI is InChI=1S/C19H23ClO7/c1-8-4-11(26-17(23)18(3)7-25-18)13-9(2)16(22)27-15(13)14-10(8)5-12(21)19(14,24)6-20/h10-15,21,24H,1-2,4-7H2,3H3/t10-,11-,12-,13+,14-,15-,18-,19+/m0/s1. The van der Waals surface area contributed by atoms with Gasteiger partial charge in [-0.15, -0.1) is 11.6 Å². The van der Waals surface area contributed by atoms with Gasteiger partial charge < -0.3 is 24.4 Å². The van der Waals surface area contributed by atoms with Crippen molar-refractivity contribution in [1.29, 1.82) is 0 Å². The minimum atomic E-state index is -1.63. The summed E-state index contributed by atoms with van der Waals surface area (Å²) in [6.45, 7) is 9.85. The van der Waals surface area contributed by atoms with E-state index in [1.54, 1.807) is 6.92 Å². The minimum absolute atomic E-state index is 0.187. The maximum atomic E-state index is 12.4. The molecule has 27 heavy (non-hydrogen) atoms. The number of rotatable bonds is 3. The van der Waals surface area contributed by atoms with E-state index in [0.29, 0.717) is 0 Å². The van der Waals surface area contributed by atoms with Crippen molar-refractivity contribution in [1.82, 2.24) is 0 Å². The Morgan fingerprint density at radius 1 is 1.44 bits per heavy atom. The molecular formula is C19H23ClO7. The topological polar surface area (TPSA) is 106 Å². The lowest BCUT2D eigenvalue weighted by Crippen LogP contribution is -2.52. The van der Waals surface area contributed by atoms with E-state index in [1.807, 2.05) is 0 Å². The van der Waals surface area contributed by atoms with Gasteiger partial charge in [0.1, 0.15) is 17.8 Å². The van der Waals surface area contributed by atoms with Crippen LogP contribution in [0.25, 0.3) is 0 Å². The second-order valence-electron chi connectivity index (χ2n) is 8.26. The molecule has 4 rings (SSSR count). The van der Waals surface area contributed by atoms with E-state index >= 15 is 0 Å². The van der Waals surface area contributed by atoms with E-state index in [4.69, 9.17) is 25.8 Å². The largest absolute Gasteiger partial charge is 0.459 e. The summed E-state index contributed by atoms with van der Waals surface area (Å²) in [6, 6.07) is 0. The Hall–Kier alpha value is -1.41. The highest BCUT2D eigenvalue weighted by molar-refractivity contribution is 6.18. The van der Waals surface area contributed by atoms with Gasteiger partial charge in [0.15, 0.2) is 5.60 Å². The molecule has 2 saturated heterocycles. The van der Waals surface area contributed by atoms with Gasteiger partial charge in [0, 0.05) is 17.9 Å². The molecule has 148 valence electrons. The van der Waals surface area contributed by atoms with Crippen LogP contribution in [0.15, 0.2) is 24.3 Å². The van der Waals surface area contributed by atoms with Crippen LogP contribution >= 0.6 is 11.6 Å². The number of hydrogen-bond acceptors (Lipinski definition) is 7. The van der Waals surface area contributed by atoms with Crippen LogP contribution in [0, 0.1) is 17.8 Å². The van der Waals surface area contributed by atoms with Crippen LogP contribution in [0.4, 0.5) is 0 Å². The average Bonchev–Trinajstić information content (AvgIpc) is 3.25. The highest BCUT2D eigenvalue weighted by Gasteiger charge is 2.64. The third-order valence-electron chi connectivity index (χ3n) is 6.55. The number of esters is 2. The summed E-state index contributed by atoms with van der Waals surface area (Å²) in [6.07, 6.45) is -2.04. The lowest BCUT2D eigenvalue weighted by atomic mass is 9.76. The van der Waals surface area contributed by atoms with Crippen molar-refractivity contribution in [3.05, 3.63) is 24.3 Å². The molecule has 2 saturated carbocycles. The second kappa shape index (κ2) is 6.04. The van der Waals surface area contributed by atoms with Crippen LogP contribution in [-0.2, 0) is 23.8 Å². The van der Waals surface area contributed by atoms with Gasteiger partial charge in [0.05, 0.1) is 24.5 Å². The van der Waals surface area contributed by atoms with Gasteiger partial charge in [0.2, 0.25) is 0 Å². The van der Waals surface area contributed by atoms with Crippen molar-refractivity contribution in [2.75, 3.05) is 12.5 Å². The molecule has 0 spiro atoms. The molecule has 2 aliphatic carbocycles. The molecule has 0 aromatic heterocycles. The molecule has 0 aromatic rings. The highest BCUT2D eigenvalue weighted by Crippen LogP contribution is 2.55. The van der Waals surface area contributed by atoms with Gasteiger partial charge in [-0.25, -0.2) is 9.59 Å². The fourth-order valence-corrected chi connectivity index (χ4v) is 5.11. The Morgan fingerprint density at radius 3 is 2.70 bits per heavy atom. The second-order valence-corrected chi connectivity index (χ2v) is 8.52. The number of epoxide rings is 1. The smallest absolute Gasteiger partial charge is 0.340 e. The summed E-state index contributed by atoms with van der Waals surface area (Å²) in [5, 5.41) is 21.5. The highest BCUT2D eigenvalue weighted by atomic mass is 35.5. The Labute approximate surface area is 161 Å². The fraction of sp³-hybridized carbons (Fsp3) is 0.684. The number of carbonyl (C=O) groups excluding carboxylic acids is 2. The molecule has 7 nitrogen and oxygen atoms in total. The van der Waals surface area contributed by atoms with Crippen molar-refractivity contribution in [3.63, 3.8) is 0 Å². The third-order valence-corrected chi connectivity index (χ3v) is 6.98. The number of hydrogen-bond donors (Lipinski definition) is 2. The van der Waals surface area contributed by atoms with Gasteiger partial charge in [-0.1, -0.05) is 18.7 Å². The summed E-state index contributed by atoms with van der Waals surface area (Å²) in [5.41, 5.74) is -1.69. The molecular weight excluding hydrogens is 376 g/mol. The molecule has 0 radical (unpaired) electrons. The number of ether oxygens (including phenoxy) is 3. The monoisotopic (exact) mass is 398 g/mol. The van der Waals surface area contributed by atoms with Crippen molar-refractivity contribution in [2.45, 2.75) is 49.3 Å². The zero-order chi connectivity index (χ0) is 19.7. The summed E-state index contributed by atoms with van der Waals surface area (Å²) in [4.78, 5) is 24.7. The van der Waals surface area contributed by atoms with Gasteiger partial charge in [-0.3, -0.25) is 0 Å². The van der Waals surface area contributed by atoms with Crippen molar-refractivity contribution >= 4 is 23.5 Å². The first-order valence-corrected chi connectivity index (χ1v) is 9.54. The first-order chi connectivity index (χ1) is 12.6.